The monoisotopic (exact) mass is 272 g/mol. The zero-order chi connectivity index (χ0) is 13.6. The Hall–Kier alpha value is -0.200. The molecule has 1 unspecified atom stereocenters. The van der Waals surface area contributed by atoms with E-state index in [1.807, 2.05) is 0 Å². The highest BCUT2D eigenvalue weighted by Gasteiger charge is 2.40. The zero-order valence-corrected chi connectivity index (χ0v) is 13.1. The number of quaternary nitrogens is 1. The highest BCUT2D eigenvalue weighted by Crippen LogP contribution is 2.41. The summed E-state index contributed by atoms with van der Waals surface area (Å²) in [7, 11) is 0.658. The van der Waals surface area contributed by atoms with Crippen LogP contribution in [0.1, 0.15) is 47.0 Å². The molecule has 0 saturated carbocycles. The van der Waals surface area contributed by atoms with Crippen molar-refractivity contribution in [2.24, 2.45) is 0 Å². The van der Waals surface area contributed by atoms with Crippen molar-refractivity contribution in [1.82, 2.24) is 4.67 Å². The van der Waals surface area contributed by atoms with Gasteiger partial charge >= 0.3 is 0 Å². The van der Waals surface area contributed by atoms with Gasteiger partial charge in [0.2, 0.25) is 8.88 Å². The Balaban J connectivity index is 2.72. The van der Waals surface area contributed by atoms with Gasteiger partial charge in [0, 0.05) is 13.1 Å². The molecule has 18 heavy (non-hydrogen) atoms. The fraction of sp³-hybridized carbons (Fsp3) is 0.923. The van der Waals surface area contributed by atoms with E-state index in [1.54, 1.807) is 0 Å². The Morgan fingerprint density at radius 2 is 1.78 bits per heavy atom. The molecule has 0 N–H and O–H groups in total. The van der Waals surface area contributed by atoms with Crippen LogP contribution in [0.5, 0.6) is 0 Å². The summed E-state index contributed by atoms with van der Waals surface area (Å²) in [4.78, 5) is 6.14. The summed E-state index contributed by atoms with van der Waals surface area (Å²) in [6, 6.07) is 3.00. The summed E-state index contributed by atoms with van der Waals surface area (Å²) < 4.78 is 3.19. The third-order valence-corrected chi connectivity index (χ3v) is 5.66. The van der Waals surface area contributed by atoms with Crippen LogP contribution in [-0.4, -0.2) is 40.9 Å². The predicted molar refractivity (Wildman–Crippen MR) is 75.8 cm³/mol. The first kappa shape index (κ1) is 15.9. The smallest absolute Gasteiger partial charge is 0.204 e. The van der Waals surface area contributed by atoms with Gasteiger partial charge in [-0.3, -0.25) is 0 Å². The minimum atomic E-state index is 0.419. The number of hydrogen-bond acceptors (Lipinski definition) is 3. The van der Waals surface area contributed by atoms with Crippen LogP contribution in [0.3, 0.4) is 0 Å². The molecular weight excluding hydrogens is 245 g/mol. The molecule has 0 aromatic heterocycles. The molecule has 0 aromatic rings. The van der Waals surface area contributed by atoms with Crippen molar-refractivity contribution in [3.8, 4) is 6.07 Å². The molecule has 4 nitrogen and oxygen atoms in total. The number of nitriles is 1. The fourth-order valence-electron chi connectivity index (χ4n) is 2.43. The molecule has 1 aliphatic rings. The number of nitrogens with zero attached hydrogens (tertiary/aromatic N) is 3. The van der Waals surface area contributed by atoms with Crippen LogP contribution in [0.25, 0.3) is 0 Å². The van der Waals surface area contributed by atoms with Crippen molar-refractivity contribution in [2.75, 3.05) is 19.7 Å². The lowest BCUT2D eigenvalue weighted by Gasteiger charge is -2.43. The molecule has 1 saturated heterocycles. The fourth-order valence-corrected chi connectivity index (χ4v) is 4.00. The van der Waals surface area contributed by atoms with Gasteiger partial charge in [-0.05, 0) is 40.5 Å². The van der Waals surface area contributed by atoms with E-state index in [0.717, 1.165) is 0 Å². The maximum Gasteiger partial charge on any atom is 0.204 e. The van der Waals surface area contributed by atoms with E-state index in [4.69, 9.17) is 10.1 Å². The van der Waals surface area contributed by atoms with Gasteiger partial charge in [-0.25, -0.2) is 4.67 Å². The molecule has 1 fully saturated rings. The Kier molecular flexibility index (Phi) is 6.52. The maximum absolute atomic E-state index is 8.68. The third kappa shape index (κ3) is 3.90. The Bertz CT molecular complexity index is 274. The van der Waals surface area contributed by atoms with Crippen molar-refractivity contribution < 1.29 is 9.25 Å². The van der Waals surface area contributed by atoms with Gasteiger partial charge in [0.1, 0.15) is 18.7 Å². The average molecular weight is 272 g/mol. The third-order valence-electron chi connectivity index (χ3n) is 3.46. The first-order valence-corrected chi connectivity index (χ1v) is 7.85. The molecule has 1 heterocycles. The van der Waals surface area contributed by atoms with E-state index in [9.17, 15) is 0 Å². The van der Waals surface area contributed by atoms with Crippen molar-refractivity contribution in [3.63, 3.8) is 0 Å². The zero-order valence-electron chi connectivity index (χ0n) is 12.1. The minimum absolute atomic E-state index is 0.419. The van der Waals surface area contributed by atoms with Crippen LogP contribution in [0.15, 0.2) is 0 Å². The SMILES string of the molecule is CC(C)[N+](OCCC#N)(PN1CCCC1)C(C)C. The van der Waals surface area contributed by atoms with E-state index in [1.165, 1.54) is 25.9 Å². The van der Waals surface area contributed by atoms with Gasteiger partial charge in [0.05, 0.1) is 12.5 Å². The van der Waals surface area contributed by atoms with E-state index < -0.39 is 0 Å². The van der Waals surface area contributed by atoms with Gasteiger partial charge in [-0.2, -0.15) is 14.5 Å². The summed E-state index contributed by atoms with van der Waals surface area (Å²) in [5, 5.41) is 8.68. The van der Waals surface area contributed by atoms with Crippen LogP contribution in [0.4, 0.5) is 0 Å². The molecule has 0 bridgehead atoms. The van der Waals surface area contributed by atoms with Crippen molar-refractivity contribution in [3.05, 3.63) is 0 Å². The molecule has 0 amide bonds. The van der Waals surface area contributed by atoms with Gasteiger partial charge in [-0.15, -0.1) is 0 Å². The molecule has 0 radical (unpaired) electrons. The quantitative estimate of drug-likeness (QED) is 0.406. The minimum Gasteiger partial charge on any atom is -0.235 e. The van der Waals surface area contributed by atoms with Gasteiger partial charge < -0.3 is 0 Å². The lowest BCUT2D eigenvalue weighted by atomic mass is 10.3. The highest BCUT2D eigenvalue weighted by atomic mass is 31.1. The van der Waals surface area contributed by atoms with E-state index in [-0.39, 0.29) is 0 Å². The van der Waals surface area contributed by atoms with E-state index >= 15 is 0 Å². The summed E-state index contributed by atoms with van der Waals surface area (Å²) in [6.07, 6.45) is 3.09. The topological polar surface area (TPSA) is 36.3 Å². The second-order valence-electron chi connectivity index (χ2n) is 5.43. The number of rotatable bonds is 7. The summed E-state index contributed by atoms with van der Waals surface area (Å²) >= 11 is 0. The van der Waals surface area contributed by atoms with Crippen LogP contribution in [0.2, 0.25) is 0 Å². The Labute approximate surface area is 113 Å². The summed E-state index contributed by atoms with van der Waals surface area (Å²) in [6.45, 7) is 11.8. The molecule has 0 aliphatic carbocycles. The first-order valence-electron chi connectivity index (χ1n) is 6.95. The van der Waals surface area contributed by atoms with E-state index in [0.29, 0.717) is 38.4 Å². The maximum atomic E-state index is 8.68. The normalized spacial score (nSPS) is 18.3. The first-order chi connectivity index (χ1) is 8.53. The molecule has 104 valence electrons. The lowest BCUT2D eigenvalue weighted by molar-refractivity contribution is -1.04. The van der Waals surface area contributed by atoms with Crippen LogP contribution in [-0.2, 0) is 4.84 Å². The standard InChI is InChI=1S/C13H27N3OP/c1-12(2)16(13(3)4,17-11-7-8-14)18-15-9-5-6-10-15/h12-13,18H,5-7,9-11H2,1-4H3/q+1. The number of hydrogen-bond donors (Lipinski definition) is 0. The van der Waals surface area contributed by atoms with Crippen molar-refractivity contribution in [1.29, 1.82) is 5.26 Å². The van der Waals surface area contributed by atoms with Crippen molar-refractivity contribution >= 4 is 8.88 Å². The number of hydroxylamine groups is 2. The lowest BCUT2D eigenvalue weighted by Crippen LogP contribution is -2.52. The van der Waals surface area contributed by atoms with Crippen molar-refractivity contribution in [2.45, 2.75) is 59.0 Å². The largest absolute Gasteiger partial charge is 0.235 e. The molecule has 0 aromatic carbocycles. The van der Waals surface area contributed by atoms with Gasteiger partial charge in [-0.1, -0.05) is 0 Å². The Morgan fingerprint density at radius 3 is 2.22 bits per heavy atom. The van der Waals surface area contributed by atoms with E-state index in [2.05, 4.69) is 38.4 Å². The Morgan fingerprint density at radius 1 is 1.22 bits per heavy atom. The van der Waals surface area contributed by atoms with Crippen LogP contribution in [0, 0.1) is 11.3 Å². The molecular formula is C13H27N3OP+. The van der Waals surface area contributed by atoms with Gasteiger partial charge in [0.15, 0.2) is 0 Å². The van der Waals surface area contributed by atoms with Gasteiger partial charge in [0.25, 0.3) is 0 Å². The molecule has 1 aliphatic heterocycles. The molecule has 1 rings (SSSR count). The second kappa shape index (κ2) is 7.40. The molecule has 5 heteroatoms. The summed E-state index contributed by atoms with van der Waals surface area (Å²) in [5.41, 5.74) is 0. The van der Waals surface area contributed by atoms with Crippen LogP contribution < -0.4 is 0 Å². The summed E-state index contributed by atoms with van der Waals surface area (Å²) in [5.74, 6) is 0. The molecule has 1 atom stereocenters. The predicted octanol–water partition coefficient (Wildman–Crippen LogP) is 3.07. The highest BCUT2D eigenvalue weighted by molar-refractivity contribution is 7.28. The van der Waals surface area contributed by atoms with Crippen LogP contribution >= 0.6 is 8.88 Å². The average Bonchev–Trinajstić information content (AvgIpc) is 2.79. The second-order valence-corrected chi connectivity index (χ2v) is 6.96. The molecule has 0 spiro atoms.